The first-order chi connectivity index (χ1) is 25.5. The molecule has 4 fully saturated rings. The summed E-state index contributed by atoms with van der Waals surface area (Å²) >= 11 is 0. The minimum atomic E-state index is 0. The normalized spacial score (nSPS) is 20.7. The second-order valence-electron chi connectivity index (χ2n) is 16.3. The van der Waals surface area contributed by atoms with Crippen LogP contribution >= 0.6 is 0 Å². The molecule has 0 aromatic heterocycles. The predicted octanol–water partition coefficient (Wildman–Crippen LogP) is 14.2. The number of rotatable bonds is 17. The number of anilines is 2. The first kappa shape index (κ1) is 48.6. The summed E-state index contributed by atoms with van der Waals surface area (Å²) in [6, 6.07) is 21.4. The maximum atomic E-state index is 4.94. The van der Waals surface area contributed by atoms with Crippen LogP contribution in [-0.4, -0.2) is 25.5 Å². The van der Waals surface area contributed by atoms with E-state index < -0.39 is 0 Å². The van der Waals surface area contributed by atoms with Gasteiger partial charge < -0.3 is 23.7 Å². The van der Waals surface area contributed by atoms with Gasteiger partial charge in [0, 0.05) is 13.1 Å². The summed E-state index contributed by atoms with van der Waals surface area (Å²) in [5.74, 6) is 7.72. The van der Waals surface area contributed by atoms with Crippen LogP contribution in [-0.2, 0) is 34.1 Å². The van der Waals surface area contributed by atoms with E-state index in [9.17, 15) is 0 Å². The van der Waals surface area contributed by atoms with Crippen LogP contribution in [0.25, 0.3) is 0 Å². The third kappa shape index (κ3) is 19.5. The van der Waals surface area contributed by atoms with Gasteiger partial charge in [0.2, 0.25) is 0 Å². The van der Waals surface area contributed by atoms with Crippen molar-refractivity contribution in [2.75, 3.05) is 23.1 Å². The average molecular weight is 819 g/mol. The van der Waals surface area contributed by atoms with E-state index in [-0.39, 0.29) is 34.1 Å². The second-order valence-corrected chi connectivity index (χ2v) is 16.3. The van der Waals surface area contributed by atoms with Crippen molar-refractivity contribution < 1.29 is 34.1 Å². The topological polar surface area (TPSA) is 31.2 Å². The maximum Gasteiger partial charge on any atom is 2.00 e. The molecule has 4 saturated carbocycles. The molecule has 0 heterocycles. The number of hydrazone groups is 2. The van der Waals surface area contributed by atoms with Crippen molar-refractivity contribution in [3.8, 4) is 0 Å². The van der Waals surface area contributed by atoms with Crippen LogP contribution in [0.1, 0.15) is 169 Å². The SMILES string of the molecule is C[C-]1CCCC1.C[C-]1CCCC1.C[C-]1CCCC1/C=N/N(CCCCCCCCCCN(/N=C/C1CCC[C-]1C)c1ccccc1)c1ccccc1.[Fe+2].[Fe+2]. The first-order valence-corrected chi connectivity index (χ1v) is 21.5. The van der Waals surface area contributed by atoms with Crippen LogP contribution in [0.15, 0.2) is 70.9 Å². The zero-order chi connectivity index (χ0) is 36.6. The van der Waals surface area contributed by atoms with E-state index in [2.05, 4.69) is 111 Å². The molecule has 0 amide bonds. The molecule has 0 spiro atoms. The Balaban J connectivity index is 0.000000609. The Hall–Kier alpha value is -1.58. The molecule has 54 heavy (non-hydrogen) atoms. The Bertz CT molecular complexity index is 1120. The fraction of sp³-hybridized carbons (Fsp3) is 0.625. The standard InChI is InChI=1S/C36H52N4.2C6H11.2Fe/c1-31-19-17-21-33(31)29-37-39(35-23-11-9-12-24-35)27-15-7-5-3-4-6-8-16-28-40(36-25-13-10-14-26-36)38-30-34-22-18-20-32(34)2;2*1-6-4-2-3-5-6;;/h9-14,23-26,29-30,33-34H,3-8,15-22,27-28H2,1-2H3;2*2-5H2,1H3;;/q-2;2*-1;2*+2/b37-29+,38-30+;;;;. The van der Waals surface area contributed by atoms with Gasteiger partial charge in [-0.05, 0) is 49.5 Å². The third-order valence-electron chi connectivity index (χ3n) is 11.7. The summed E-state index contributed by atoms with van der Waals surface area (Å²) in [4.78, 5) is 0. The van der Waals surface area contributed by atoms with Gasteiger partial charge in [0.25, 0.3) is 0 Å². The number of hydrogen-bond donors (Lipinski definition) is 0. The summed E-state index contributed by atoms with van der Waals surface area (Å²) in [6.07, 6.45) is 33.7. The number of hydrogen-bond acceptors (Lipinski definition) is 4. The van der Waals surface area contributed by atoms with Crippen molar-refractivity contribution >= 4 is 23.8 Å². The first-order valence-electron chi connectivity index (χ1n) is 21.5. The van der Waals surface area contributed by atoms with Crippen LogP contribution in [0.5, 0.6) is 0 Å². The van der Waals surface area contributed by atoms with Crippen molar-refractivity contribution in [2.45, 2.75) is 169 Å². The Labute approximate surface area is 354 Å². The molecule has 4 nitrogen and oxygen atoms in total. The molecule has 0 aliphatic heterocycles. The molecule has 4 aliphatic carbocycles. The fourth-order valence-electron chi connectivity index (χ4n) is 8.04. The summed E-state index contributed by atoms with van der Waals surface area (Å²) in [5, 5.41) is 14.3. The molecule has 0 saturated heterocycles. The van der Waals surface area contributed by atoms with Crippen molar-refractivity contribution in [2.24, 2.45) is 22.0 Å². The Morgan fingerprint density at radius 2 is 0.815 bits per heavy atom. The van der Waals surface area contributed by atoms with Crippen LogP contribution in [0, 0.1) is 35.5 Å². The van der Waals surface area contributed by atoms with Gasteiger partial charge in [-0.2, -0.15) is 76.4 Å². The maximum absolute atomic E-state index is 4.94. The van der Waals surface area contributed by atoms with Crippen molar-refractivity contribution in [1.29, 1.82) is 0 Å². The van der Waals surface area contributed by atoms with Crippen molar-refractivity contribution in [3.05, 3.63) is 84.3 Å². The molecule has 2 unspecified atom stereocenters. The molecule has 0 radical (unpaired) electrons. The Morgan fingerprint density at radius 1 is 0.481 bits per heavy atom. The zero-order valence-corrected chi connectivity index (χ0v) is 36.8. The fourth-order valence-corrected chi connectivity index (χ4v) is 8.04. The Morgan fingerprint density at radius 3 is 1.09 bits per heavy atom. The van der Waals surface area contributed by atoms with Gasteiger partial charge in [-0.25, -0.2) is 0 Å². The molecule has 6 rings (SSSR count). The van der Waals surface area contributed by atoms with E-state index in [0.29, 0.717) is 11.8 Å². The molecule has 4 aliphatic rings. The van der Waals surface area contributed by atoms with Crippen molar-refractivity contribution in [3.63, 3.8) is 0 Å². The second kappa shape index (κ2) is 29.6. The number of benzene rings is 2. The van der Waals surface area contributed by atoms with Crippen LogP contribution < -0.4 is 10.0 Å². The quantitative estimate of drug-likeness (QED) is 0.0523. The van der Waals surface area contributed by atoms with Gasteiger partial charge in [0.15, 0.2) is 0 Å². The Kier molecular flexibility index (Phi) is 26.6. The van der Waals surface area contributed by atoms with Gasteiger partial charge in [-0.15, -0.1) is 11.8 Å². The smallest absolute Gasteiger partial charge is 0.317 e. The van der Waals surface area contributed by atoms with E-state index in [4.69, 9.17) is 10.2 Å². The summed E-state index contributed by atoms with van der Waals surface area (Å²) < 4.78 is 0. The summed E-state index contributed by atoms with van der Waals surface area (Å²) in [6.45, 7) is 11.1. The molecule has 6 heteroatoms. The van der Waals surface area contributed by atoms with Gasteiger partial charge in [0.1, 0.15) is 0 Å². The number of unbranched alkanes of at least 4 members (excludes halogenated alkanes) is 7. The molecule has 2 atom stereocenters. The van der Waals surface area contributed by atoms with E-state index >= 15 is 0 Å². The van der Waals surface area contributed by atoms with Gasteiger partial charge in [0.05, 0.1) is 11.4 Å². The van der Waals surface area contributed by atoms with E-state index in [1.807, 2.05) is 0 Å². The molecular formula is C48H74Fe2N4. The number of para-hydroxylation sites is 2. The van der Waals surface area contributed by atoms with Gasteiger partial charge >= 0.3 is 34.1 Å². The van der Waals surface area contributed by atoms with Crippen LogP contribution in [0.2, 0.25) is 0 Å². The average Bonchev–Trinajstić information content (AvgIpc) is 4.01. The van der Waals surface area contributed by atoms with Crippen LogP contribution in [0.3, 0.4) is 0 Å². The molecule has 0 N–H and O–H groups in total. The molecular weight excluding hydrogens is 744 g/mol. The minimum Gasteiger partial charge on any atom is -0.317 e. The molecule has 302 valence electrons. The van der Waals surface area contributed by atoms with Gasteiger partial charge in [-0.3, -0.25) is 10.0 Å². The molecule has 0 bridgehead atoms. The largest absolute Gasteiger partial charge is 2.00 e. The molecule has 2 aromatic carbocycles. The number of nitrogens with zero attached hydrogens (tertiary/aromatic N) is 4. The van der Waals surface area contributed by atoms with E-state index in [1.54, 1.807) is 23.7 Å². The third-order valence-corrected chi connectivity index (χ3v) is 11.7. The zero-order valence-electron chi connectivity index (χ0n) is 34.5. The monoisotopic (exact) mass is 818 g/mol. The van der Waals surface area contributed by atoms with Gasteiger partial charge in [-0.1, -0.05) is 126 Å². The van der Waals surface area contributed by atoms with E-state index in [1.165, 1.54) is 153 Å². The molecule has 2 aromatic rings. The van der Waals surface area contributed by atoms with Crippen molar-refractivity contribution in [1.82, 2.24) is 0 Å². The van der Waals surface area contributed by atoms with Crippen LogP contribution in [0.4, 0.5) is 11.4 Å². The summed E-state index contributed by atoms with van der Waals surface area (Å²) in [7, 11) is 0. The predicted molar refractivity (Wildman–Crippen MR) is 229 cm³/mol. The minimum absolute atomic E-state index is 0. The van der Waals surface area contributed by atoms with E-state index in [0.717, 1.165) is 13.1 Å². The summed E-state index contributed by atoms with van der Waals surface area (Å²) in [5.41, 5.74) is 2.42.